The fourth-order valence-electron chi connectivity index (χ4n) is 3.09. The van der Waals surface area contributed by atoms with Crippen molar-refractivity contribution >= 4 is 5.91 Å². The highest BCUT2D eigenvalue weighted by Gasteiger charge is 2.36. The Morgan fingerprint density at radius 2 is 1.95 bits per heavy atom. The molecule has 2 saturated heterocycles. The lowest BCUT2D eigenvalue weighted by Gasteiger charge is -2.35. The number of carbonyl (C=O) groups excluding carboxylic acids is 1. The molecular weight excluding hydrogens is 246 g/mol. The lowest BCUT2D eigenvalue weighted by molar-refractivity contribution is -0.127. The molecule has 0 spiro atoms. The van der Waals surface area contributed by atoms with Gasteiger partial charge in [-0.3, -0.25) is 9.69 Å². The molecule has 1 atom stereocenters. The Kier molecular flexibility index (Phi) is 5.57. The summed E-state index contributed by atoms with van der Waals surface area (Å²) in [5.74, 6) is -0.0517. The number of hydrogen-bond acceptors (Lipinski definition) is 5. The van der Waals surface area contributed by atoms with Crippen LogP contribution in [0.5, 0.6) is 0 Å². The van der Waals surface area contributed by atoms with Crippen LogP contribution in [-0.2, 0) is 4.79 Å². The van der Waals surface area contributed by atoms with Crippen molar-refractivity contribution < 1.29 is 15.0 Å². The molecule has 6 heteroatoms. The maximum atomic E-state index is 12.2. The minimum Gasteiger partial charge on any atom is -0.394 e. The highest BCUT2D eigenvalue weighted by atomic mass is 16.3. The Hall–Kier alpha value is -0.690. The maximum Gasteiger partial charge on any atom is 0.237 e. The van der Waals surface area contributed by atoms with Gasteiger partial charge in [-0.15, -0.1) is 0 Å². The lowest BCUT2D eigenvalue weighted by Crippen LogP contribution is -2.53. The molecule has 2 aliphatic rings. The molecule has 2 fully saturated rings. The van der Waals surface area contributed by atoms with E-state index in [0.717, 1.165) is 45.3 Å². The van der Waals surface area contributed by atoms with E-state index in [1.807, 2.05) is 0 Å². The quantitative estimate of drug-likeness (QED) is 0.498. The van der Waals surface area contributed by atoms with E-state index in [2.05, 4.69) is 15.5 Å². The number of rotatable bonds is 5. The molecular formula is C13H25N3O3. The number of amides is 1. The van der Waals surface area contributed by atoms with Crippen LogP contribution in [0.4, 0.5) is 0 Å². The van der Waals surface area contributed by atoms with Crippen LogP contribution in [0.1, 0.15) is 25.7 Å². The van der Waals surface area contributed by atoms with Crippen molar-refractivity contribution in [2.75, 3.05) is 32.8 Å². The van der Waals surface area contributed by atoms with E-state index in [1.54, 1.807) is 0 Å². The predicted octanol–water partition coefficient (Wildman–Crippen LogP) is -1.33. The summed E-state index contributed by atoms with van der Waals surface area (Å²) in [6.07, 6.45) is 4.10. The molecule has 0 aromatic rings. The molecule has 0 aliphatic carbocycles. The SMILES string of the molecule is O=C(NC(CO)CO)C1CCCN1C1CCNCC1. The van der Waals surface area contributed by atoms with Gasteiger partial charge in [-0.25, -0.2) is 0 Å². The summed E-state index contributed by atoms with van der Waals surface area (Å²) < 4.78 is 0. The monoisotopic (exact) mass is 271 g/mol. The molecule has 110 valence electrons. The Labute approximate surface area is 114 Å². The summed E-state index contributed by atoms with van der Waals surface area (Å²) in [6.45, 7) is 2.58. The van der Waals surface area contributed by atoms with Gasteiger partial charge in [0.05, 0.1) is 25.3 Å². The second kappa shape index (κ2) is 7.19. The number of aliphatic hydroxyl groups excluding tert-OH is 2. The number of piperidine rings is 1. The number of likely N-dealkylation sites (tertiary alicyclic amines) is 1. The molecule has 4 N–H and O–H groups in total. The molecule has 2 rings (SSSR count). The van der Waals surface area contributed by atoms with E-state index < -0.39 is 6.04 Å². The minimum atomic E-state index is -0.539. The summed E-state index contributed by atoms with van der Waals surface area (Å²) in [7, 11) is 0. The Morgan fingerprint density at radius 3 is 2.58 bits per heavy atom. The van der Waals surface area contributed by atoms with Crippen LogP contribution in [0.2, 0.25) is 0 Å². The first-order valence-electron chi connectivity index (χ1n) is 7.24. The third-order valence-electron chi connectivity index (χ3n) is 4.16. The van der Waals surface area contributed by atoms with Crippen LogP contribution < -0.4 is 10.6 Å². The Bertz CT molecular complexity index is 291. The van der Waals surface area contributed by atoms with Crippen molar-refractivity contribution in [1.29, 1.82) is 0 Å². The number of carbonyl (C=O) groups is 1. The second-order valence-electron chi connectivity index (χ2n) is 5.45. The topological polar surface area (TPSA) is 84.8 Å². The van der Waals surface area contributed by atoms with Crippen LogP contribution in [0.15, 0.2) is 0 Å². The number of nitrogens with one attached hydrogen (secondary N) is 2. The summed E-state index contributed by atoms with van der Waals surface area (Å²) in [5, 5.41) is 24.1. The van der Waals surface area contributed by atoms with Gasteiger partial charge >= 0.3 is 0 Å². The fraction of sp³-hybridized carbons (Fsp3) is 0.923. The number of nitrogens with zero attached hydrogens (tertiary/aromatic N) is 1. The lowest BCUT2D eigenvalue weighted by atomic mass is 10.0. The van der Waals surface area contributed by atoms with E-state index in [0.29, 0.717) is 6.04 Å². The number of aliphatic hydroxyl groups is 2. The van der Waals surface area contributed by atoms with Gasteiger partial charge in [0, 0.05) is 6.04 Å². The van der Waals surface area contributed by atoms with Gasteiger partial charge in [0.25, 0.3) is 0 Å². The molecule has 0 aromatic carbocycles. The van der Waals surface area contributed by atoms with Crippen LogP contribution in [0.3, 0.4) is 0 Å². The van der Waals surface area contributed by atoms with Gasteiger partial charge in [-0.1, -0.05) is 0 Å². The second-order valence-corrected chi connectivity index (χ2v) is 5.45. The molecule has 0 radical (unpaired) electrons. The average molecular weight is 271 g/mol. The largest absolute Gasteiger partial charge is 0.394 e. The van der Waals surface area contributed by atoms with Crippen molar-refractivity contribution in [3.8, 4) is 0 Å². The Morgan fingerprint density at radius 1 is 1.26 bits per heavy atom. The summed E-state index contributed by atoms with van der Waals surface area (Å²) >= 11 is 0. The molecule has 6 nitrogen and oxygen atoms in total. The first-order valence-corrected chi connectivity index (χ1v) is 7.24. The van der Waals surface area contributed by atoms with Crippen molar-refractivity contribution in [3.63, 3.8) is 0 Å². The van der Waals surface area contributed by atoms with Crippen molar-refractivity contribution in [2.45, 2.75) is 43.8 Å². The fourth-order valence-corrected chi connectivity index (χ4v) is 3.09. The van der Waals surface area contributed by atoms with Gasteiger partial charge in [-0.05, 0) is 45.3 Å². The van der Waals surface area contributed by atoms with Crippen LogP contribution >= 0.6 is 0 Å². The molecule has 0 saturated carbocycles. The van der Waals surface area contributed by atoms with Gasteiger partial charge < -0.3 is 20.8 Å². The Balaban J connectivity index is 1.91. The molecule has 0 bridgehead atoms. The zero-order valence-electron chi connectivity index (χ0n) is 11.3. The standard InChI is InChI=1S/C13H25N3O3/c17-8-10(9-18)15-13(19)12-2-1-7-16(12)11-3-5-14-6-4-11/h10-12,14,17-18H,1-9H2,(H,15,19). The van der Waals surface area contributed by atoms with Crippen LogP contribution in [0.25, 0.3) is 0 Å². The predicted molar refractivity (Wildman–Crippen MR) is 71.7 cm³/mol. The number of hydrogen-bond donors (Lipinski definition) is 4. The summed E-state index contributed by atoms with van der Waals surface area (Å²) in [6, 6.07) is -0.145. The van der Waals surface area contributed by atoms with Crippen LogP contribution in [0, 0.1) is 0 Å². The van der Waals surface area contributed by atoms with E-state index >= 15 is 0 Å². The smallest absolute Gasteiger partial charge is 0.237 e. The van der Waals surface area contributed by atoms with Crippen molar-refractivity contribution in [2.24, 2.45) is 0 Å². The zero-order chi connectivity index (χ0) is 13.7. The molecule has 0 aromatic heterocycles. The third-order valence-corrected chi connectivity index (χ3v) is 4.16. The third kappa shape index (κ3) is 3.66. The first kappa shape index (κ1) is 14.7. The molecule has 1 unspecified atom stereocenters. The van der Waals surface area contributed by atoms with Gasteiger partial charge in [0.1, 0.15) is 0 Å². The van der Waals surface area contributed by atoms with E-state index in [4.69, 9.17) is 10.2 Å². The summed E-state index contributed by atoms with van der Waals surface area (Å²) in [5.41, 5.74) is 0. The van der Waals surface area contributed by atoms with Gasteiger partial charge in [0.2, 0.25) is 5.91 Å². The van der Waals surface area contributed by atoms with Gasteiger partial charge in [-0.2, -0.15) is 0 Å². The molecule has 2 aliphatic heterocycles. The highest BCUT2D eigenvalue weighted by Crippen LogP contribution is 2.24. The van der Waals surface area contributed by atoms with Crippen LogP contribution in [-0.4, -0.2) is 72.0 Å². The highest BCUT2D eigenvalue weighted by molar-refractivity contribution is 5.82. The van der Waals surface area contributed by atoms with Gasteiger partial charge in [0.15, 0.2) is 0 Å². The van der Waals surface area contributed by atoms with Crippen molar-refractivity contribution in [1.82, 2.24) is 15.5 Å². The van der Waals surface area contributed by atoms with E-state index in [1.165, 1.54) is 0 Å². The normalized spacial score (nSPS) is 25.9. The average Bonchev–Trinajstić information content (AvgIpc) is 2.95. The molecule has 1 amide bonds. The van der Waals surface area contributed by atoms with E-state index in [-0.39, 0.29) is 25.2 Å². The van der Waals surface area contributed by atoms with E-state index in [9.17, 15) is 4.79 Å². The maximum absolute atomic E-state index is 12.2. The zero-order valence-corrected chi connectivity index (χ0v) is 11.3. The molecule has 19 heavy (non-hydrogen) atoms. The minimum absolute atomic E-state index is 0.0517. The van der Waals surface area contributed by atoms with Crippen molar-refractivity contribution in [3.05, 3.63) is 0 Å². The molecule has 2 heterocycles. The summed E-state index contributed by atoms with van der Waals surface area (Å²) in [4.78, 5) is 14.5. The first-order chi connectivity index (χ1) is 9.26.